The van der Waals surface area contributed by atoms with Crippen molar-refractivity contribution in [3.63, 3.8) is 0 Å². The van der Waals surface area contributed by atoms with Crippen LogP contribution in [0.25, 0.3) is 0 Å². The molecule has 1 fully saturated rings. The van der Waals surface area contributed by atoms with Gasteiger partial charge in [-0.2, -0.15) is 0 Å². The van der Waals surface area contributed by atoms with Crippen molar-refractivity contribution in [2.24, 2.45) is 5.73 Å². The number of nitrogens with two attached hydrogens (primary N) is 1. The molecule has 2 N–H and O–H groups in total. The molecule has 0 radical (unpaired) electrons. The van der Waals surface area contributed by atoms with Gasteiger partial charge in [-0.3, -0.25) is 4.79 Å². The van der Waals surface area contributed by atoms with Gasteiger partial charge in [-0.05, 0) is 30.7 Å². The summed E-state index contributed by atoms with van der Waals surface area (Å²) in [6, 6.07) is 9.52. The van der Waals surface area contributed by atoms with Gasteiger partial charge in [0.15, 0.2) is 0 Å². The molecule has 1 aromatic carbocycles. The Balaban J connectivity index is 1.62. The standard InChI is InChI=1S/C20H27N3OS/c1-14(2)18-13-25-19(22-18)16-9-6-10-23(12-16)20(24)17(21)11-15-7-4-3-5-8-15/h3-5,7-8,13-14,16-17H,6,9-12,21H2,1-2H3. The van der Waals surface area contributed by atoms with Crippen LogP contribution in [0.2, 0.25) is 0 Å². The predicted molar refractivity (Wildman–Crippen MR) is 103 cm³/mol. The van der Waals surface area contributed by atoms with E-state index in [1.54, 1.807) is 11.3 Å². The Morgan fingerprint density at radius 2 is 2.12 bits per heavy atom. The average molecular weight is 358 g/mol. The minimum Gasteiger partial charge on any atom is -0.341 e. The van der Waals surface area contributed by atoms with Crippen LogP contribution in [0.4, 0.5) is 0 Å². The highest BCUT2D eigenvalue weighted by molar-refractivity contribution is 7.09. The number of hydrogen-bond donors (Lipinski definition) is 1. The van der Waals surface area contributed by atoms with Crippen LogP contribution < -0.4 is 5.73 Å². The number of piperidine rings is 1. The van der Waals surface area contributed by atoms with Crippen molar-refractivity contribution < 1.29 is 4.79 Å². The second kappa shape index (κ2) is 8.11. The lowest BCUT2D eigenvalue weighted by Gasteiger charge is -2.33. The number of thiazole rings is 1. The molecular weight excluding hydrogens is 330 g/mol. The van der Waals surface area contributed by atoms with Gasteiger partial charge in [-0.15, -0.1) is 11.3 Å². The molecule has 0 bridgehead atoms. The maximum absolute atomic E-state index is 12.8. The first kappa shape index (κ1) is 18.1. The second-order valence-corrected chi connectivity index (χ2v) is 8.07. The molecule has 4 nitrogen and oxygen atoms in total. The van der Waals surface area contributed by atoms with Crippen molar-refractivity contribution >= 4 is 17.2 Å². The molecule has 2 atom stereocenters. The summed E-state index contributed by atoms with van der Waals surface area (Å²) in [6.45, 7) is 5.88. The topological polar surface area (TPSA) is 59.2 Å². The van der Waals surface area contributed by atoms with Gasteiger partial charge in [-0.1, -0.05) is 44.2 Å². The number of hydrogen-bond acceptors (Lipinski definition) is 4. The van der Waals surface area contributed by atoms with E-state index in [0.29, 0.717) is 18.3 Å². The third-order valence-electron chi connectivity index (χ3n) is 4.83. The Kier molecular flexibility index (Phi) is 5.86. The number of nitrogens with zero attached hydrogens (tertiary/aromatic N) is 2. The fraction of sp³-hybridized carbons (Fsp3) is 0.500. The van der Waals surface area contributed by atoms with Crippen LogP contribution in [0.3, 0.4) is 0 Å². The van der Waals surface area contributed by atoms with Crippen LogP contribution in [0.15, 0.2) is 35.7 Å². The maximum atomic E-state index is 12.8. The van der Waals surface area contributed by atoms with Gasteiger partial charge in [0.25, 0.3) is 0 Å². The van der Waals surface area contributed by atoms with E-state index in [1.807, 2.05) is 35.2 Å². The predicted octanol–water partition coefficient (Wildman–Crippen LogP) is 3.54. The number of rotatable bonds is 5. The van der Waals surface area contributed by atoms with Crippen molar-refractivity contribution in [2.75, 3.05) is 13.1 Å². The molecule has 1 aliphatic heterocycles. The molecule has 2 aromatic rings. The number of carbonyl (C=O) groups is 1. The van der Waals surface area contributed by atoms with E-state index >= 15 is 0 Å². The second-order valence-electron chi connectivity index (χ2n) is 7.18. The highest BCUT2D eigenvalue weighted by Crippen LogP contribution is 2.31. The van der Waals surface area contributed by atoms with Crippen LogP contribution in [0.1, 0.15) is 54.8 Å². The Hall–Kier alpha value is -1.72. The lowest BCUT2D eigenvalue weighted by Crippen LogP contribution is -2.48. The van der Waals surface area contributed by atoms with E-state index in [0.717, 1.165) is 42.2 Å². The van der Waals surface area contributed by atoms with Gasteiger partial charge in [0.1, 0.15) is 0 Å². The molecule has 2 unspecified atom stereocenters. The van der Waals surface area contributed by atoms with Crippen LogP contribution in [-0.2, 0) is 11.2 Å². The van der Waals surface area contributed by atoms with E-state index < -0.39 is 6.04 Å². The minimum atomic E-state index is -0.469. The molecule has 5 heteroatoms. The molecule has 0 aliphatic carbocycles. The number of amides is 1. The largest absolute Gasteiger partial charge is 0.341 e. The fourth-order valence-corrected chi connectivity index (χ4v) is 4.43. The SMILES string of the molecule is CC(C)c1csc(C2CCCN(C(=O)C(N)Cc3ccccc3)C2)n1. The first-order valence-electron chi connectivity index (χ1n) is 9.08. The molecule has 25 heavy (non-hydrogen) atoms. The lowest BCUT2D eigenvalue weighted by atomic mass is 9.97. The van der Waals surface area contributed by atoms with Crippen molar-refractivity contribution in [1.82, 2.24) is 9.88 Å². The lowest BCUT2D eigenvalue weighted by molar-refractivity contribution is -0.133. The van der Waals surface area contributed by atoms with Crippen molar-refractivity contribution in [1.29, 1.82) is 0 Å². The van der Waals surface area contributed by atoms with Gasteiger partial charge in [0.2, 0.25) is 5.91 Å². The molecule has 1 amide bonds. The summed E-state index contributed by atoms with van der Waals surface area (Å²) in [4.78, 5) is 19.5. The van der Waals surface area contributed by atoms with Gasteiger partial charge in [0, 0.05) is 24.4 Å². The van der Waals surface area contributed by atoms with Crippen molar-refractivity contribution in [3.05, 3.63) is 52.0 Å². The van der Waals surface area contributed by atoms with Gasteiger partial charge in [0.05, 0.1) is 16.7 Å². The molecule has 0 saturated carbocycles. The highest BCUT2D eigenvalue weighted by Gasteiger charge is 2.29. The molecule has 1 saturated heterocycles. The summed E-state index contributed by atoms with van der Waals surface area (Å²) < 4.78 is 0. The monoisotopic (exact) mass is 357 g/mol. The van der Waals surface area contributed by atoms with Gasteiger partial charge in [-0.25, -0.2) is 4.98 Å². The van der Waals surface area contributed by atoms with Crippen LogP contribution in [-0.4, -0.2) is 34.9 Å². The molecule has 1 aromatic heterocycles. The number of carbonyl (C=O) groups excluding carboxylic acids is 1. The summed E-state index contributed by atoms with van der Waals surface area (Å²) >= 11 is 1.73. The Morgan fingerprint density at radius 1 is 1.36 bits per heavy atom. The zero-order valence-corrected chi connectivity index (χ0v) is 15.8. The Bertz CT molecular complexity index is 698. The van der Waals surface area contributed by atoms with E-state index in [1.165, 1.54) is 0 Å². The summed E-state index contributed by atoms with van der Waals surface area (Å²) in [7, 11) is 0. The third kappa shape index (κ3) is 4.47. The van der Waals surface area contributed by atoms with Gasteiger partial charge < -0.3 is 10.6 Å². The third-order valence-corrected chi connectivity index (χ3v) is 5.85. The molecule has 134 valence electrons. The van der Waals surface area contributed by atoms with E-state index in [2.05, 4.69) is 19.2 Å². The summed E-state index contributed by atoms with van der Waals surface area (Å²) in [6.07, 6.45) is 2.71. The zero-order valence-electron chi connectivity index (χ0n) is 15.0. The molecule has 0 spiro atoms. The number of likely N-dealkylation sites (tertiary alicyclic amines) is 1. The number of aromatic nitrogens is 1. The van der Waals surface area contributed by atoms with E-state index in [-0.39, 0.29) is 5.91 Å². The first-order valence-corrected chi connectivity index (χ1v) is 9.96. The Morgan fingerprint density at radius 3 is 2.80 bits per heavy atom. The average Bonchev–Trinajstić information content (AvgIpc) is 3.12. The smallest absolute Gasteiger partial charge is 0.239 e. The minimum absolute atomic E-state index is 0.0641. The summed E-state index contributed by atoms with van der Waals surface area (Å²) in [5.74, 6) is 0.860. The summed E-state index contributed by atoms with van der Waals surface area (Å²) in [5.41, 5.74) is 8.47. The van der Waals surface area contributed by atoms with Crippen LogP contribution >= 0.6 is 11.3 Å². The van der Waals surface area contributed by atoms with Crippen LogP contribution in [0, 0.1) is 0 Å². The molecule has 2 heterocycles. The molecular formula is C20H27N3OS. The van der Waals surface area contributed by atoms with E-state index in [4.69, 9.17) is 10.7 Å². The number of benzene rings is 1. The molecule has 3 rings (SSSR count). The first-order chi connectivity index (χ1) is 12.0. The molecule has 1 aliphatic rings. The van der Waals surface area contributed by atoms with Crippen LogP contribution in [0.5, 0.6) is 0 Å². The highest BCUT2D eigenvalue weighted by atomic mass is 32.1. The van der Waals surface area contributed by atoms with Gasteiger partial charge >= 0.3 is 0 Å². The maximum Gasteiger partial charge on any atom is 0.239 e. The normalized spacial score (nSPS) is 19.2. The zero-order chi connectivity index (χ0) is 17.8. The van der Waals surface area contributed by atoms with Crippen molar-refractivity contribution in [3.8, 4) is 0 Å². The van der Waals surface area contributed by atoms with Crippen molar-refractivity contribution in [2.45, 2.75) is 51.0 Å². The quantitative estimate of drug-likeness (QED) is 0.890. The van der Waals surface area contributed by atoms with E-state index in [9.17, 15) is 4.79 Å². The summed E-state index contributed by atoms with van der Waals surface area (Å²) in [5, 5.41) is 3.32. The fourth-order valence-electron chi connectivity index (χ4n) is 3.32. The Labute approximate surface area is 154 Å².